The molecule has 1 heterocycles. The number of carbonyl (C=O) groups excluding carboxylic acids is 1. The van der Waals surface area contributed by atoms with Crippen LogP contribution in [0.1, 0.15) is 21.5 Å². The standard InChI is InChI=1S/C13H12Br2N2OS/c1-2-8-3-4-11(19-8)13(18)17-12-9(15)5-7(14)6-10(12)16/h3-6H,2,16H2,1H3,(H,17,18). The second kappa shape index (κ2) is 6.07. The number of benzene rings is 1. The van der Waals surface area contributed by atoms with Crippen molar-refractivity contribution in [1.29, 1.82) is 0 Å². The smallest absolute Gasteiger partial charge is 0.265 e. The van der Waals surface area contributed by atoms with Crippen LogP contribution in [0.25, 0.3) is 0 Å². The van der Waals surface area contributed by atoms with Gasteiger partial charge in [-0.3, -0.25) is 4.79 Å². The molecule has 1 aromatic heterocycles. The van der Waals surface area contributed by atoms with Gasteiger partial charge in [0.05, 0.1) is 16.3 Å². The van der Waals surface area contributed by atoms with Gasteiger partial charge in [-0.25, -0.2) is 0 Å². The number of hydrogen-bond acceptors (Lipinski definition) is 3. The predicted octanol–water partition coefficient (Wildman–Crippen LogP) is 4.67. The van der Waals surface area contributed by atoms with Crippen molar-refractivity contribution in [2.75, 3.05) is 11.1 Å². The van der Waals surface area contributed by atoms with Gasteiger partial charge in [0.25, 0.3) is 5.91 Å². The highest BCUT2D eigenvalue weighted by Gasteiger charge is 2.13. The van der Waals surface area contributed by atoms with Crippen molar-refractivity contribution in [2.24, 2.45) is 0 Å². The van der Waals surface area contributed by atoms with Gasteiger partial charge in [-0.1, -0.05) is 22.9 Å². The summed E-state index contributed by atoms with van der Waals surface area (Å²) < 4.78 is 1.61. The van der Waals surface area contributed by atoms with Crippen LogP contribution in [0.2, 0.25) is 0 Å². The number of amides is 1. The summed E-state index contributed by atoms with van der Waals surface area (Å²) in [5, 5.41) is 2.84. The van der Waals surface area contributed by atoms with Gasteiger partial charge >= 0.3 is 0 Å². The van der Waals surface area contributed by atoms with Crippen LogP contribution in [-0.4, -0.2) is 5.91 Å². The summed E-state index contributed by atoms with van der Waals surface area (Å²) in [6.07, 6.45) is 0.933. The van der Waals surface area contributed by atoms with Gasteiger partial charge in [-0.05, 0) is 46.6 Å². The number of aryl methyl sites for hydroxylation is 1. The third kappa shape index (κ3) is 3.38. The van der Waals surface area contributed by atoms with Gasteiger partial charge < -0.3 is 11.1 Å². The van der Waals surface area contributed by atoms with Gasteiger partial charge in [0.2, 0.25) is 0 Å². The molecule has 0 atom stereocenters. The molecule has 0 radical (unpaired) electrons. The fraction of sp³-hybridized carbons (Fsp3) is 0.154. The summed E-state index contributed by atoms with van der Waals surface area (Å²) in [6, 6.07) is 7.41. The summed E-state index contributed by atoms with van der Waals surface area (Å²) in [6.45, 7) is 2.07. The Morgan fingerprint density at radius 2 is 2.11 bits per heavy atom. The summed E-state index contributed by atoms with van der Waals surface area (Å²) in [7, 11) is 0. The monoisotopic (exact) mass is 402 g/mol. The third-order valence-electron chi connectivity index (χ3n) is 2.56. The summed E-state index contributed by atoms with van der Waals surface area (Å²) in [5.74, 6) is -0.139. The van der Waals surface area contributed by atoms with Crippen LogP contribution >= 0.6 is 43.2 Å². The zero-order chi connectivity index (χ0) is 14.0. The molecule has 19 heavy (non-hydrogen) atoms. The van der Waals surface area contributed by atoms with Crippen molar-refractivity contribution in [2.45, 2.75) is 13.3 Å². The van der Waals surface area contributed by atoms with Crippen molar-refractivity contribution in [3.05, 3.63) is 43.0 Å². The number of nitrogens with two attached hydrogens (primary N) is 1. The van der Waals surface area contributed by atoms with Crippen LogP contribution in [0.15, 0.2) is 33.2 Å². The lowest BCUT2D eigenvalue weighted by Gasteiger charge is -2.10. The molecule has 3 nitrogen and oxygen atoms in total. The minimum atomic E-state index is -0.139. The summed E-state index contributed by atoms with van der Waals surface area (Å²) in [4.78, 5) is 14.0. The normalized spacial score (nSPS) is 10.5. The molecule has 1 aromatic carbocycles. The maximum atomic E-state index is 12.1. The van der Waals surface area contributed by atoms with E-state index >= 15 is 0 Å². The zero-order valence-electron chi connectivity index (χ0n) is 10.2. The zero-order valence-corrected chi connectivity index (χ0v) is 14.2. The van der Waals surface area contributed by atoms with Crippen molar-refractivity contribution in [3.8, 4) is 0 Å². The van der Waals surface area contributed by atoms with Crippen LogP contribution in [0.3, 0.4) is 0 Å². The Balaban J connectivity index is 2.24. The SMILES string of the molecule is CCc1ccc(C(=O)Nc2c(N)cc(Br)cc2Br)s1. The van der Waals surface area contributed by atoms with E-state index in [0.29, 0.717) is 16.3 Å². The molecule has 0 fully saturated rings. The van der Waals surface area contributed by atoms with Gasteiger partial charge in [0.1, 0.15) is 0 Å². The minimum absolute atomic E-state index is 0.139. The Morgan fingerprint density at radius 3 is 2.68 bits per heavy atom. The summed E-state index contributed by atoms with van der Waals surface area (Å²) >= 11 is 8.24. The number of carbonyl (C=O) groups is 1. The van der Waals surface area contributed by atoms with Crippen molar-refractivity contribution in [1.82, 2.24) is 0 Å². The minimum Gasteiger partial charge on any atom is -0.397 e. The van der Waals surface area contributed by atoms with E-state index in [-0.39, 0.29) is 5.91 Å². The fourth-order valence-corrected chi connectivity index (χ4v) is 3.79. The molecule has 0 bridgehead atoms. The third-order valence-corrected chi connectivity index (χ3v) is 4.87. The van der Waals surface area contributed by atoms with Gasteiger partial charge in [0.15, 0.2) is 0 Å². The van der Waals surface area contributed by atoms with E-state index in [0.717, 1.165) is 15.4 Å². The lowest BCUT2D eigenvalue weighted by molar-refractivity contribution is 0.103. The molecule has 0 aliphatic heterocycles. The lowest BCUT2D eigenvalue weighted by atomic mass is 10.2. The molecule has 3 N–H and O–H groups in total. The van der Waals surface area contributed by atoms with E-state index in [1.165, 1.54) is 16.2 Å². The van der Waals surface area contributed by atoms with Crippen molar-refractivity contribution >= 4 is 60.5 Å². The first-order chi connectivity index (χ1) is 9.01. The number of nitrogen functional groups attached to an aromatic ring is 1. The number of anilines is 2. The average molecular weight is 404 g/mol. The lowest BCUT2D eigenvalue weighted by Crippen LogP contribution is -2.12. The van der Waals surface area contributed by atoms with Crippen molar-refractivity contribution in [3.63, 3.8) is 0 Å². The first kappa shape index (κ1) is 14.6. The number of thiophene rings is 1. The van der Waals surface area contributed by atoms with Crippen LogP contribution in [0.4, 0.5) is 11.4 Å². The van der Waals surface area contributed by atoms with E-state index in [4.69, 9.17) is 5.73 Å². The number of nitrogens with one attached hydrogen (secondary N) is 1. The molecular formula is C13H12Br2N2OS. The second-order valence-corrected chi connectivity index (χ2v) is 6.86. The maximum Gasteiger partial charge on any atom is 0.265 e. The van der Waals surface area contributed by atoms with E-state index in [9.17, 15) is 4.79 Å². The topological polar surface area (TPSA) is 55.1 Å². The van der Waals surface area contributed by atoms with Gasteiger partial charge in [-0.15, -0.1) is 11.3 Å². The predicted molar refractivity (Wildman–Crippen MR) is 87.9 cm³/mol. The van der Waals surface area contributed by atoms with Gasteiger partial charge in [0, 0.05) is 13.8 Å². The first-order valence-electron chi connectivity index (χ1n) is 5.66. The molecule has 1 amide bonds. The molecule has 0 aliphatic carbocycles. The maximum absolute atomic E-state index is 12.1. The summed E-state index contributed by atoms with van der Waals surface area (Å²) in [5.41, 5.74) is 7.02. The van der Waals surface area contributed by atoms with Crippen LogP contribution in [-0.2, 0) is 6.42 Å². The fourth-order valence-electron chi connectivity index (χ4n) is 1.59. The largest absolute Gasteiger partial charge is 0.397 e. The van der Waals surface area contributed by atoms with E-state index in [2.05, 4.69) is 44.1 Å². The second-order valence-electron chi connectivity index (χ2n) is 3.93. The van der Waals surface area contributed by atoms with E-state index < -0.39 is 0 Å². The quantitative estimate of drug-likeness (QED) is 0.731. The molecule has 2 rings (SSSR count). The van der Waals surface area contributed by atoms with Crippen molar-refractivity contribution < 1.29 is 4.79 Å². The Morgan fingerprint density at radius 1 is 1.37 bits per heavy atom. The Labute approximate surface area is 132 Å². The highest BCUT2D eigenvalue weighted by atomic mass is 79.9. The Hall–Kier alpha value is -0.850. The molecule has 0 unspecified atom stereocenters. The van der Waals surface area contributed by atoms with Crippen LogP contribution < -0.4 is 11.1 Å². The first-order valence-corrected chi connectivity index (χ1v) is 8.06. The molecule has 100 valence electrons. The highest BCUT2D eigenvalue weighted by molar-refractivity contribution is 9.11. The average Bonchev–Trinajstić information content (AvgIpc) is 2.82. The Bertz CT molecular complexity index is 602. The molecule has 0 aliphatic rings. The van der Waals surface area contributed by atoms with E-state index in [1.54, 1.807) is 6.07 Å². The van der Waals surface area contributed by atoms with Gasteiger partial charge in [-0.2, -0.15) is 0 Å². The van der Waals surface area contributed by atoms with Crippen LogP contribution in [0.5, 0.6) is 0 Å². The number of rotatable bonds is 3. The molecule has 0 spiro atoms. The van der Waals surface area contributed by atoms with Crippen LogP contribution in [0, 0.1) is 0 Å². The number of hydrogen-bond donors (Lipinski definition) is 2. The molecule has 6 heteroatoms. The molecular weight excluding hydrogens is 392 g/mol. The Kier molecular flexibility index (Phi) is 4.65. The number of halogens is 2. The molecule has 0 saturated heterocycles. The highest BCUT2D eigenvalue weighted by Crippen LogP contribution is 2.33. The molecule has 0 saturated carbocycles. The molecule has 2 aromatic rings. The van der Waals surface area contributed by atoms with E-state index in [1.807, 2.05) is 18.2 Å².